The maximum atomic E-state index is 5.58. The average molecular weight is 283 g/mol. The molecule has 108 valence electrons. The summed E-state index contributed by atoms with van der Waals surface area (Å²) in [7, 11) is 5.70. The lowest BCUT2D eigenvalue weighted by atomic mass is 10.3. The van der Waals surface area contributed by atoms with E-state index in [4.69, 9.17) is 9.47 Å². The van der Waals surface area contributed by atoms with Crippen LogP contribution in [0.2, 0.25) is 0 Å². The van der Waals surface area contributed by atoms with Gasteiger partial charge < -0.3 is 14.4 Å². The second-order valence-electron chi connectivity index (χ2n) is 3.65. The largest absolute Gasteiger partial charge is 0.491 e. The van der Waals surface area contributed by atoms with Gasteiger partial charge in [0.1, 0.15) is 12.4 Å². The van der Waals surface area contributed by atoms with Gasteiger partial charge in [0.25, 0.3) is 0 Å². The lowest BCUT2D eigenvalue weighted by molar-refractivity contribution is 0.146. The van der Waals surface area contributed by atoms with Crippen molar-refractivity contribution in [2.24, 2.45) is 0 Å². The highest BCUT2D eigenvalue weighted by Crippen LogP contribution is 2.32. The number of hydrogen-bond donors (Lipinski definition) is 0. The zero-order valence-corrected chi connectivity index (χ0v) is 13.4. The van der Waals surface area contributed by atoms with Crippen LogP contribution in [0.15, 0.2) is 35.1 Å². The highest BCUT2D eigenvalue weighted by Gasteiger charge is 2.06. The van der Waals surface area contributed by atoms with Crippen LogP contribution in [0.25, 0.3) is 0 Å². The molecule has 3 nitrogen and oxygen atoms in total. The summed E-state index contributed by atoms with van der Waals surface area (Å²) in [5.74, 6) is 0.860. The van der Waals surface area contributed by atoms with Gasteiger partial charge in [0.2, 0.25) is 0 Å². The number of nitrogens with zero attached hydrogens (tertiary/aromatic N) is 1. The lowest BCUT2D eigenvalue weighted by Gasteiger charge is -2.17. The first-order valence-corrected chi connectivity index (χ1v) is 7.27. The van der Waals surface area contributed by atoms with E-state index in [1.807, 2.05) is 51.5 Å². The summed E-state index contributed by atoms with van der Waals surface area (Å²) in [6.45, 7) is 8.90. The van der Waals surface area contributed by atoms with Crippen molar-refractivity contribution >= 4 is 17.4 Å². The maximum absolute atomic E-state index is 5.58. The molecule has 0 saturated carbocycles. The van der Waals surface area contributed by atoms with E-state index >= 15 is 0 Å². The van der Waals surface area contributed by atoms with Crippen LogP contribution in [0.4, 0.5) is 5.69 Å². The molecular weight excluding hydrogens is 258 g/mol. The van der Waals surface area contributed by atoms with Crippen molar-refractivity contribution < 1.29 is 9.47 Å². The number of rotatable bonds is 7. The Hall–Kier alpha value is -1.13. The topological polar surface area (TPSA) is 21.7 Å². The Kier molecular flexibility index (Phi) is 10.1. The van der Waals surface area contributed by atoms with E-state index < -0.39 is 0 Å². The van der Waals surface area contributed by atoms with E-state index in [-0.39, 0.29) is 0 Å². The van der Waals surface area contributed by atoms with E-state index in [1.165, 1.54) is 4.90 Å². The third-order valence-corrected chi connectivity index (χ3v) is 2.94. The van der Waals surface area contributed by atoms with Gasteiger partial charge in [-0.3, -0.25) is 0 Å². The molecule has 0 aromatic heterocycles. The van der Waals surface area contributed by atoms with Crippen molar-refractivity contribution in [3.8, 4) is 5.75 Å². The van der Waals surface area contributed by atoms with Gasteiger partial charge in [-0.1, -0.05) is 32.2 Å². The SMILES string of the molecule is C=CSc1ccc(OCCOC)cc1N(C)C.CC. The molecule has 0 atom stereocenters. The van der Waals surface area contributed by atoms with Crippen molar-refractivity contribution in [1.29, 1.82) is 0 Å². The maximum Gasteiger partial charge on any atom is 0.121 e. The molecule has 0 spiro atoms. The molecule has 0 radical (unpaired) electrons. The van der Waals surface area contributed by atoms with E-state index in [0.29, 0.717) is 13.2 Å². The van der Waals surface area contributed by atoms with Crippen LogP contribution < -0.4 is 9.64 Å². The summed E-state index contributed by atoms with van der Waals surface area (Å²) in [6, 6.07) is 6.04. The highest BCUT2D eigenvalue weighted by molar-refractivity contribution is 8.02. The van der Waals surface area contributed by atoms with Gasteiger partial charge in [0, 0.05) is 32.2 Å². The predicted molar refractivity (Wildman–Crippen MR) is 85.5 cm³/mol. The fourth-order valence-corrected chi connectivity index (χ4v) is 2.06. The number of methoxy groups -OCH3 is 1. The normalized spacial score (nSPS) is 9.32. The molecule has 0 fully saturated rings. The zero-order valence-electron chi connectivity index (χ0n) is 12.6. The third kappa shape index (κ3) is 6.55. The van der Waals surface area contributed by atoms with Crippen molar-refractivity contribution in [1.82, 2.24) is 0 Å². The second-order valence-corrected chi connectivity index (χ2v) is 4.66. The monoisotopic (exact) mass is 283 g/mol. The quantitative estimate of drug-likeness (QED) is 0.556. The summed E-state index contributed by atoms with van der Waals surface area (Å²) in [5.41, 5.74) is 1.13. The van der Waals surface area contributed by atoms with Gasteiger partial charge in [-0.2, -0.15) is 0 Å². The fraction of sp³-hybridized carbons (Fsp3) is 0.467. The molecule has 0 saturated heterocycles. The Morgan fingerprint density at radius 1 is 1.26 bits per heavy atom. The zero-order chi connectivity index (χ0) is 14.7. The Balaban J connectivity index is 0.00000154. The van der Waals surface area contributed by atoms with Gasteiger partial charge in [0.15, 0.2) is 0 Å². The van der Waals surface area contributed by atoms with Crippen molar-refractivity contribution in [3.05, 3.63) is 30.2 Å². The fourth-order valence-electron chi connectivity index (χ4n) is 1.37. The second kappa shape index (κ2) is 10.8. The summed E-state index contributed by atoms with van der Waals surface area (Å²) >= 11 is 1.61. The molecule has 0 aliphatic heterocycles. The average Bonchev–Trinajstić information content (AvgIpc) is 2.43. The summed E-state index contributed by atoms with van der Waals surface area (Å²) in [6.07, 6.45) is 0. The van der Waals surface area contributed by atoms with E-state index in [9.17, 15) is 0 Å². The van der Waals surface area contributed by atoms with Crippen LogP contribution in [-0.4, -0.2) is 34.4 Å². The number of benzene rings is 1. The summed E-state index contributed by atoms with van der Waals surface area (Å²) in [5, 5.41) is 1.83. The van der Waals surface area contributed by atoms with Crippen molar-refractivity contribution in [2.45, 2.75) is 18.7 Å². The molecule has 0 bridgehead atoms. The molecule has 19 heavy (non-hydrogen) atoms. The standard InChI is InChI=1S/C13H19NO2S.C2H6/c1-5-17-13-7-6-11(16-9-8-15-4)10-12(13)14(2)3;1-2/h5-7,10H,1,8-9H2,2-4H3;1-2H3. The van der Waals surface area contributed by atoms with E-state index in [2.05, 4.69) is 11.5 Å². The van der Waals surface area contributed by atoms with Gasteiger partial charge in [0.05, 0.1) is 12.3 Å². The number of thioether (sulfide) groups is 1. The van der Waals surface area contributed by atoms with Crippen LogP contribution in [-0.2, 0) is 4.74 Å². The van der Waals surface area contributed by atoms with Crippen LogP contribution in [0.1, 0.15) is 13.8 Å². The molecule has 0 heterocycles. The first-order valence-electron chi connectivity index (χ1n) is 6.39. The minimum absolute atomic E-state index is 0.567. The molecular formula is C15H25NO2S. The van der Waals surface area contributed by atoms with Gasteiger partial charge in [-0.05, 0) is 17.5 Å². The molecule has 0 N–H and O–H groups in total. The number of anilines is 1. The van der Waals surface area contributed by atoms with E-state index in [1.54, 1.807) is 18.9 Å². The minimum atomic E-state index is 0.567. The molecule has 1 rings (SSSR count). The van der Waals surface area contributed by atoms with Crippen molar-refractivity contribution in [3.63, 3.8) is 0 Å². The minimum Gasteiger partial charge on any atom is -0.491 e. The first-order chi connectivity index (χ1) is 9.19. The first kappa shape index (κ1) is 17.9. The molecule has 0 aliphatic carbocycles. The van der Waals surface area contributed by atoms with Crippen LogP contribution in [0, 0.1) is 0 Å². The molecule has 1 aromatic carbocycles. The number of hydrogen-bond acceptors (Lipinski definition) is 4. The van der Waals surface area contributed by atoms with Gasteiger partial charge in [-0.25, -0.2) is 0 Å². The Labute approximate surface area is 121 Å². The van der Waals surface area contributed by atoms with Crippen LogP contribution in [0.5, 0.6) is 5.75 Å². The third-order valence-electron chi connectivity index (χ3n) is 2.18. The Bertz CT molecular complexity index is 367. The van der Waals surface area contributed by atoms with Crippen LogP contribution in [0.3, 0.4) is 0 Å². The molecule has 4 heteroatoms. The molecule has 0 amide bonds. The van der Waals surface area contributed by atoms with Gasteiger partial charge >= 0.3 is 0 Å². The smallest absolute Gasteiger partial charge is 0.121 e. The van der Waals surface area contributed by atoms with Crippen molar-refractivity contribution in [2.75, 3.05) is 39.3 Å². The number of ether oxygens (including phenoxy) is 2. The highest BCUT2D eigenvalue weighted by atomic mass is 32.2. The predicted octanol–water partition coefficient (Wildman–Crippen LogP) is 4.04. The van der Waals surface area contributed by atoms with E-state index in [0.717, 1.165) is 11.4 Å². The lowest BCUT2D eigenvalue weighted by Crippen LogP contribution is -2.10. The molecule has 0 aliphatic rings. The Morgan fingerprint density at radius 2 is 1.95 bits per heavy atom. The molecule has 1 aromatic rings. The summed E-state index contributed by atoms with van der Waals surface area (Å²) < 4.78 is 10.5. The molecule has 0 unspecified atom stereocenters. The van der Waals surface area contributed by atoms with Gasteiger partial charge in [-0.15, -0.1) is 0 Å². The summed E-state index contributed by atoms with van der Waals surface area (Å²) in [4.78, 5) is 3.23. The Morgan fingerprint density at radius 3 is 2.47 bits per heavy atom. The van der Waals surface area contributed by atoms with Crippen LogP contribution >= 0.6 is 11.8 Å².